The number of carbonyl (C=O) groups is 1. The van der Waals surface area contributed by atoms with E-state index in [0.29, 0.717) is 13.0 Å². The fraction of sp³-hybridized carbons (Fsp3) is 0.750. The van der Waals surface area contributed by atoms with Gasteiger partial charge >= 0.3 is 16.4 Å². The molecule has 7 heteroatoms. The molecule has 19 heavy (non-hydrogen) atoms. The molecule has 0 bridgehead atoms. The number of rotatable bonds is 12. The minimum absolute atomic E-state index is 0.0241. The first-order chi connectivity index (χ1) is 8.95. The first-order valence-electron chi connectivity index (χ1n) is 6.37. The maximum Gasteiger partial charge on any atom is 0.397 e. The summed E-state index contributed by atoms with van der Waals surface area (Å²) < 4.78 is 37.8. The van der Waals surface area contributed by atoms with Crippen molar-refractivity contribution in [3.8, 4) is 0 Å². The van der Waals surface area contributed by atoms with Crippen LogP contribution in [0.3, 0.4) is 0 Å². The molecule has 0 amide bonds. The van der Waals surface area contributed by atoms with Gasteiger partial charge in [-0.05, 0) is 12.8 Å². The Kier molecular flexibility index (Phi) is 10.4. The van der Waals surface area contributed by atoms with Gasteiger partial charge in [-0.15, -0.1) is 0 Å². The van der Waals surface area contributed by atoms with Crippen molar-refractivity contribution in [3.05, 3.63) is 12.7 Å². The van der Waals surface area contributed by atoms with Crippen molar-refractivity contribution < 1.29 is 26.7 Å². The molecule has 0 aromatic carbocycles. The largest absolute Gasteiger partial charge is 0.463 e. The van der Waals surface area contributed by atoms with E-state index in [2.05, 4.69) is 10.8 Å². The molecule has 0 aromatic heterocycles. The van der Waals surface area contributed by atoms with Crippen molar-refractivity contribution >= 4 is 16.4 Å². The van der Waals surface area contributed by atoms with Crippen molar-refractivity contribution in [1.82, 2.24) is 0 Å². The van der Waals surface area contributed by atoms with E-state index >= 15 is 0 Å². The molecule has 1 N–H and O–H groups in total. The summed E-state index contributed by atoms with van der Waals surface area (Å²) in [5.41, 5.74) is 0. The van der Waals surface area contributed by atoms with E-state index in [0.717, 1.165) is 44.6 Å². The molecular formula is C12H22O6S. The first-order valence-corrected chi connectivity index (χ1v) is 7.73. The van der Waals surface area contributed by atoms with Crippen LogP contribution in [0.5, 0.6) is 0 Å². The van der Waals surface area contributed by atoms with Crippen LogP contribution in [0.15, 0.2) is 12.7 Å². The van der Waals surface area contributed by atoms with Crippen molar-refractivity contribution in [2.45, 2.75) is 44.9 Å². The summed E-state index contributed by atoms with van der Waals surface area (Å²) in [6.45, 7) is 3.75. The molecule has 6 nitrogen and oxygen atoms in total. The van der Waals surface area contributed by atoms with E-state index in [1.807, 2.05) is 0 Å². The summed E-state index contributed by atoms with van der Waals surface area (Å²) in [4.78, 5) is 10.7. The van der Waals surface area contributed by atoms with Gasteiger partial charge in [-0.1, -0.05) is 38.7 Å². The Balaban J connectivity index is 3.15. The molecule has 112 valence electrons. The SMILES string of the molecule is C=CC(=O)OCCCCCCCCCOS(=O)(=O)O. The third kappa shape index (κ3) is 15.0. The number of esters is 1. The Morgan fingerprint density at radius 3 is 1.95 bits per heavy atom. The number of ether oxygens (including phenoxy) is 1. The standard InChI is InChI=1S/C12H22O6S/c1-2-12(13)17-10-8-6-4-3-5-7-9-11-18-19(14,15)16/h2H,1,3-11H2,(H,14,15,16). The topological polar surface area (TPSA) is 89.9 Å². The van der Waals surface area contributed by atoms with Gasteiger partial charge in [0, 0.05) is 6.08 Å². The molecule has 0 spiro atoms. The predicted molar refractivity (Wildman–Crippen MR) is 71.0 cm³/mol. The van der Waals surface area contributed by atoms with Gasteiger partial charge in [0.25, 0.3) is 0 Å². The minimum Gasteiger partial charge on any atom is -0.463 e. The Morgan fingerprint density at radius 2 is 1.47 bits per heavy atom. The highest BCUT2D eigenvalue weighted by molar-refractivity contribution is 7.80. The van der Waals surface area contributed by atoms with E-state index in [1.165, 1.54) is 0 Å². The van der Waals surface area contributed by atoms with E-state index in [-0.39, 0.29) is 12.6 Å². The highest BCUT2D eigenvalue weighted by Gasteiger charge is 2.02. The Labute approximate surface area is 114 Å². The average molecular weight is 294 g/mol. The lowest BCUT2D eigenvalue weighted by molar-refractivity contribution is -0.137. The van der Waals surface area contributed by atoms with Crippen molar-refractivity contribution in [2.75, 3.05) is 13.2 Å². The van der Waals surface area contributed by atoms with Gasteiger partial charge in [-0.25, -0.2) is 8.98 Å². The average Bonchev–Trinajstić information content (AvgIpc) is 2.34. The summed E-state index contributed by atoms with van der Waals surface area (Å²) in [7, 11) is -4.29. The van der Waals surface area contributed by atoms with E-state index in [9.17, 15) is 13.2 Å². The summed E-state index contributed by atoms with van der Waals surface area (Å²) in [5.74, 6) is -0.390. The van der Waals surface area contributed by atoms with Crippen LogP contribution >= 0.6 is 0 Å². The van der Waals surface area contributed by atoms with Crippen LogP contribution in [0.1, 0.15) is 44.9 Å². The fourth-order valence-electron chi connectivity index (χ4n) is 1.48. The minimum atomic E-state index is -4.29. The molecule has 0 fully saturated rings. The highest BCUT2D eigenvalue weighted by Crippen LogP contribution is 2.07. The van der Waals surface area contributed by atoms with Gasteiger partial charge in [-0.3, -0.25) is 4.55 Å². The van der Waals surface area contributed by atoms with Crippen LogP contribution in [-0.2, 0) is 24.1 Å². The molecule has 0 radical (unpaired) electrons. The first kappa shape index (κ1) is 18.1. The molecular weight excluding hydrogens is 272 g/mol. The zero-order valence-electron chi connectivity index (χ0n) is 11.0. The lowest BCUT2D eigenvalue weighted by atomic mass is 10.1. The zero-order valence-corrected chi connectivity index (χ0v) is 11.9. The van der Waals surface area contributed by atoms with Crippen molar-refractivity contribution in [1.29, 1.82) is 0 Å². The third-order valence-corrected chi connectivity index (χ3v) is 2.90. The molecule has 0 saturated carbocycles. The van der Waals surface area contributed by atoms with Crippen LogP contribution < -0.4 is 0 Å². The quantitative estimate of drug-likeness (QED) is 0.257. The predicted octanol–water partition coefficient (Wildman–Crippen LogP) is 2.27. The monoisotopic (exact) mass is 294 g/mol. The van der Waals surface area contributed by atoms with Crippen LogP contribution in [0.2, 0.25) is 0 Å². The number of carbonyl (C=O) groups excluding carboxylic acids is 1. The molecule has 0 aliphatic heterocycles. The summed E-state index contributed by atoms with van der Waals surface area (Å²) in [6.07, 6.45) is 7.52. The van der Waals surface area contributed by atoms with E-state index < -0.39 is 10.4 Å². The second-order valence-electron chi connectivity index (χ2n) is 4.10. The molecule has 0 unspecified atom stereocenters. The van der Waals surface area contributed by atoms with Crippen LogP contribution in [-0.4, -0.2) is 32.2 Å². The van der Waals surface area contributed by atoms with E-state index in [4.69, 9.17) is 9.29 Å². The molecule has 0 aromatic rings. The van der Waals surface area contributed by atoms with Gasteiger partial charge in [0.15, 0.2) is 0 Å². The lowest BCUT2D eigenvalue weighted by Gasteiger charge is -2.03. The molecule has 0 aliphatic rings. The van der Waals surface area contributed by atoms with Crippen LogP contribution in [0, 0.1) is 0 Å². The Morgan fingerprint density at radius 1 is 1.00 bits per heavy atom. The van der Waals surface area contributed by atoms with Gasteiger partial charge in [0.2, 0.25) is 0 Å². The number of unbranched alkanes of at least 4 members (excludes halogenated alkanes) is 6. The molecule has 0 heterocycles. The highest BCUT2D eigenvalue weighted by atomic mass is 32.3. The fourth-order valence-corrected chi connectivity index (χ4v) is 1.81. The summed E-state index contributed by atoms with van der Waals surface area (Å²) in [6, 6.07) is 0. The van der Waals surface area contributed by atoms with Crippen molar-refractivity contribution in [3.63, 3.8) is 0 Å². The Bertz CT molecular complexity index is 349. The van der Waals surface area contributed by atoms with Crippen LogP contribution in [0.4, 0.5) is 0 Å². The molecule has 0 atom stereocenters. The third-order valence-electron chi connectivity index (χ3n) is 2.43. The van der Waals surface area contributed by atoms with Gasteiger partial charge in [0.05, 0.1) is 13.2 Å². The van der Waals surface area contributed by atoms with Crippen LogP contribution in [0.25, 0.3) is 0 Å². The van der Waals surface area contributed by atoms with Gasteiger partial charge in [-0.2, -0.15) is 8.42 Å². The molecule has 0 saturated heterocycles. The smallest absolute Gasteiger partial charge is 0.397 e. The molecule has 0 aliphatic carbocycles. The second-order valence-corrected chi connectivity index (χ2v) is 5.19. The second kappa shape index (κ2) is 11.0. The maximum absolute atomic E-state index is 10.7. The number of hydrogen-bond donors (Lipinski definition) is 1. The Hall–Kier alpha value is -0.920. The summed E-state index contributed by atoms with van der Waals surface area (Å²) >= 11 is 0. The maximum atomic E-state index is 10.7. The normalized spacial score (nSPS) is 11.2. The van der Waals surface area contributed by atoms with Gasteiger partial charge < -0.3 is 4.74 Å². The molecule has 0 rings (SSSR count). The van der Waals surface area contributed by atoms with Gasteiger partial charge in [0.1, 0.15) is 0 Å². The van der Waals surface area contributed by atoms with Crippen molar-refractivity contribution in [2.24, 2.45) is 0 Å². The zero-order chi connectivity index (χ0) is 14.6. The summed E-state index contributed by atoms with van der Waals surface area (Å²) in [5, 5.41) is 0. The number of hydrogen-bond acceptors (Lipinski definition) is 5. The van der Waals surface area contributed by atoms with E-state index in [1.54, 1.807) is 0 Å². The lowest BCUT2D eigenvalue weighted by Crippen LogP contribution is -2.04.